The van der Waals surface area contributed by atoms with Gasteiger partial charge in [0.1, 0.15) is 11.2 Å². The maximum Gasteiger partial charge on any atom is 0.164 e. The molecule has 0 aliphatic rings. The zero-order valence-electron chi connectivity index (χ0n) is 21.9. The molecule has 9 rings (SSSR count). The van der Waals surface area contributed by atoms with Gasteiger partial charge in [0.25, 0.3) is 0 Å². The highest BCUT2D eigenvalue weighted by molar-refractivity contribution is 6.38. The standard InChI is InChI=1S/C37H21N3O/c1-3-11-22(12-4-1)35-38-36(23-13-5-2-6-14-23)40-37(39-35)28-19-9-17-27-29(28)21-31-34-32(27)25-16-8-7-15-24(25)26-18-10-20-30(41-31)33(26)34/h1-21H. The van der Waals surface area contributed by atoms with Crippen molar-refractivity contribution < 1.29 is 4.42 Å². The van der Waals surface area contributed by atoms with Crippen molar-refractivity contribution in [3.8, 4) is 34.2 Å². The molecule has 0 aliphatic carbocycles. The monoisotopic (exact) mass is 523 g/mol. The molecular weight excluding hydrogens is 502 g/mol. The van der Waals surface area contributed by atoms with Crippen LogP contribution in [0.15, 0.2) is 132 Å². The first-order chi connectivity index (χ1) is 20.3. The summed E-state index contributed by atoms with van der Waals surface area (Å²) in [5.74, 6) is 1.93. The molecular formula is C37H21N3O. The molecule has 190 valence electrons. The summed E-state index contributed by atoms with van der Waals surface area (Å²) in [7, 11) is 0. The Bertz CT molecular complexity index is 2350. The van der Waals surface area contributed by atoms with Crippen molar-refractivity contribution in [3.63, 3.8) is 0 Å². The smallest absolute Gasteiger partial charge is 0.164 e. The van der Waals surface area contributed by atoms with Gasteiger partial charge in [-0.05, 0) is 39.1 Å². The summed E-state index contributed by atoms with van der Waals surface area (Å²) in [6.45, 7) is 0. The van der Waals surface area contributed by atoms with Crippen molar-refractivity contribution in [1.82, 2.24) is 15.0 Å². The Balaban J connectivity index is 1.41. The third-order valence-electron chi connectivity index (χ3n) is 8.07. The van der Waals surface area contributed by atoms with E-state index in [-0.39, 0.29) is 0 Å². The Hall–Kier alpha value is -5.61. The van der Waals surface area contributed by atoms with E-state index in [1.807, 2.05) is 60.7 Å². The number of fused-ring (bicyclic) bond motifs is 5. The Morgan fingerprint density at radius 1 is 0.366 bits per heavy atom. The Morgan fingerprint density at radius 3 is 1.61 bits per heavy atom. The summed E-state index contributed by atoms with van der Waals surface area (Å²) in [4.78, 5) is 15.0. The van der Waals surface area contributed by atoms with Gasteiger partial charge in [-0.25, -0.2) is 15.0 Å². The van der Waals surface area contributed by atoms with Crippen molar-refractivity contribution in [1.29, 1.82) is 0 Å². The lowest BCUT2D eigenvalue weighted by Gasteiger charge is -2.13. The first kappa shape index (κ1) is 22.2. The second kappa shape index (κ2) is 8.44. The Labute approximate surface area is 234 Å². The van der Waals surface area contributed by atoms with Crippen LogP contribution in [0.2, 0.25) is 0 Å². The molecule has 4 heteroatoms. The molecule has 2 heterocycles. The maximum absolute atomic E-state index is 6.52. The molecule has 0 aliphatic heterocycles. The predicted molar refractivity (Wildman–Crippen MR) is 167 cm³/mol. The zero-order valence-corrected chi connectivity index (χ0v) is 21.9. The molecule has 9 aromatic rings. The highest BCUT2D eigenvalue weighted by Gasteiger charge is 2.21. The fraction of sp³-hybridized carbons (Fsp3) is 0. The molecule has 0 saturated heterocycles. The largest absolute Gasteiger partial charge is 0.456 e. The normalized spacial score (nSPS) is 11.9. The second-order valence-electron chi connectivity index (χ2n) is 10.4. The predicted octanol–water partition coefficient (Wildman–Crippen LogP) is 9.67. The van der Waals surface area contributed by atoms with Gasteiger partial charge in [0.2, 0.25) is 0 Å². The minimum absolute atomic E-state index is 0.635. The van der Waals surface area contributed by atoms with Gasteiger partial charge in [-0.15, -0.1) is 0 Å². The number of aromatic nitrogens is 3. The van der Waals surface area contributed by atoms with Crippen LogP contribution in [0.5, 0.6) is 0 Å². The van der Waals surface area contributed by atoms with E-state index < -0.39 is 0 Å². The number of benzene rings is 7. The van der Waals surface area contributed by atoms with Crippen LogP contribution in [0.3, 0.4) is 0 Å². The van der Waals surface area contributed by atoms with E-state index in [0.717, 1.165) is 38.6 Å². The third-order valence-corrected chi connectivity index (χ3v) is 8.07. The molecule has 0 amide bonds. The average Bonchev–Trinajstić information content (AvgIpc) is 3.42. The molecule has 0 atom stereocenters. The Morgan fingerprint density at radius 2 is 0.902 bits per heavy atom. The van der Waals surface area contributed by atoms with Gasteiger partial charge in [-0.2, -0.15) is 0 Å². The van der Waals surface area contributed by atoms with Crippen molar-refractivity contribution in [2.45, 2.75) is 0 Å². The van der Waals surface area contributed by atoms with Crippen LogP contribution in [-0.4, -0.2) is 15.0 Å². The minimum Gasteiger partial charge on any atom is -0.456 e. The summed E-state index contributed by atoms with van der Waals surface area (Å²) >= 11 is 0. The van der Waals surface area contributed by atoms with E-state index in [0.29, 0.717) is 17.5 Å². The second-order valence-corrected chi connectivity index (χ2v) is 10.4. The minimum atomic E-state index is 0.635. The molecule has 41 heavy (non-hydrogen) atoms. The molecule has 0 fully saturated rings. The van der Waals surface area contributed by atoms with Crippen LogP contribution in [0.4, 0.5) is 0 Å². The van der Waals surface area contributed by atoms with E-state index in [2.05, 4.69) is 66.7 Å². The molecule has 0 spiro atoms. The number of rotatable bonds is 3. The summed E-state index contributed by atoms with van der Waals surface area (Å²) in [5.41, 5.74) is 4.62. The first-order valence-corrected chi connectivity index (χ1v) is 13.7. The molecule has 7 aromatic carbocycles. The van der Waals surface area contributed by atoms with Crippen molar-refractivity contribution in [2.75, 3.05) is 0 Å². The quantitative estimate of drug-likeness (QED) is 0.216. The fourth-order valence-corrected chi connectivity index (χ4v) is 6.29. The molecule has 0 N–H and O–H groups in total. The van der Waals surface area contributed by atoms with Gasteiger partial charge in [0.05, 0.1) is 0 Å². The van der Waals surface area contributed by atoms with E-state index in [1.54, 1.807) is 0 Å². The van der Waals surface area contributed by atoms with Crippen LogP contribution in [0.1, 0.15) is 0 Å². The topological polar surface area (TPSA) is 51.8 Å². The molecule has 4 nitrogen and oxygen atoms in total. The molecule has 2 aromatic heterocycles. The summed E-state index contributed by atoms with van der Waals surface area (Å²) in [6.07, 6.45) is 0. The number of hydrogen-bond acceptors (Lipinski definition) is 4. The summed E-state index contributed by atoms with van der Waals surface area (Å²) in [6, 6.07) is 43.7. The summed E-state index contributed by atoms with van der Waals surface area (Å²) in [5, 5.41) is 9.42. The van der Waals surface area contributed by atoms with Gasteiger partial charge in [-0.3, -0.25) is 0 Å². The van der Waals surface area contributed by atoms with Gasteiger partial charge >= 0.3 is 0 Å². The van der Waals surface area contributed by atoms with Gasteiger partial charge in [0.15, 0.2) is 17.5 Å². The molecule has 0 unspecified atom stereocenters. The highest BCUT2D eigenvalue weighted by Crippen LogP contribution is 2.46. The first-order valence-electron chi connectivity index (χ1n) is 13.7. The summed E-state index contributed by atoms with van der Waals surface area (Å²) < 4.78 is 6.52. The van der Waals surface area contributed by atoms with E-state index in [1.165, 1.54) is 32.3 Å². The maximum atomic E-state index is 6.52. The lowest BCUT2D eigenvalue weighted by Crippen LogP contribution is -2.00. The van der Waals surface area contributed by atoms with E-state index in [9.17, 15) is 0 Å². The van der Waals surface area contributed by atoms with Gasteiger partial charge in [0, 0.05) is 32.8 Å². The van der Waals surface area contributed by atoms with E-state index >= 15 is 0 Å². The SMILES string of the molecule is c1ccc(-c2nc(-c3ccccc3)nc(-c3cccc4c3cc3oc5cccc6c7ccccc7c4c3c56)n2)cc1. The highest BCUT2D eigenvalue weighted by atomic mass is 16.3. The lowest BCUT2D eigenvalue weighted by molar-refractivity contribution is 0.670. The molecule has 0 radical (unpaired) electrons. The Kier molecular flexibility index (Phi) is 4.58. The average molecular weight is 524 g/mol. The van der Waals surface area contributed by atoms with E-state index in [4.69, 9.17) is 19.4 Å². The van der Waals surface area contributed by atoms with Crippen molar-refractivity contribution in [2.24, 2.45) is 0 Å². The lowest BCUT2D eigenvalue weighted by atomic mass is 9.90. The van der Waals surface area contributed by atoms with Crippen LogP contribution in [-0.2, 0) is 0 Å². The fourth-order valence-electron chi connectivity index (χ4n) is 6.29. The van der Waals surface area contributed by atoms with Crippen molar-refractivity contribution >= 4 is 54.3 Å². The van der Waals surface area contributed by atoms with Crippen LogP contribution in [0.25, 0.3) is 88.4 Å². The van der Waals surface area contributed by atoms with Gasteiger partial charge in [-0.1, -0.05) is 115 Å². The van der Waals surface area contributed by atoms with Crippen molar-refractivity contribution in [3.05, 3.63) is 127 Å². The molecule has 0 saturated carbocycles. The van der Waals surface area contributed by atoms with Crippen LogP contribution in [0, 0.1) is 0 Å². The number of hydrogen-bond donors (Lipinski definition) is 0. The van der Waals surface area contributed by atoms with Gasteiger partial charge < -0.3 is 4.42 Å². The van der Waals surface area contributed by atoms with Crippen LogP contribution < -0.4 is 0 Å². The van der Waals surface area contributed by atoms with Crippen LogP contribution >= 0.6 is 0 Å². The zero-order chi connectivity index (χ0) is 26.9. The number of nitrogens with zero attached hydrogens (tertiary/aromatic N) is 3. The molecule has 0 bridgehead atoms. The third kappa shape index (κ3) is 3.25. The number of furan rings is 1.